The van der Waals surface area contributed by atoms with Crippen molar-refractivity contribution in [1.82, 2.24) is 0 Å². The number of hydrogen-bond donors (Lipinski definition) is 1. The molecule has 0 bridgehead atoms. The van der Waals surface area contributed by atoms with Gasteiger partial charge in [-0.25, -0.2) is 4.79 Å². The first-order valence-electron chi connectivity index (χ1n) is 5.55. The van der Waals surface area contributed by atoms with Crippen LogP contribution in [0.5, 0.6) is 0 Å². The Kier molecular flexibility index (Phi) is 2.93. The van der Waals surface area contributed by atoms with Gasteiger partial charge in [-0.3, -0.25) is 0 Å². The molecule has 0 amide bonds. The zero-order chi connectivity index (χ0) is 12.6. The van der Waals surface area contributed by atoms with Gasteiger partial charge in [-0.2, -0.15) is 0 Å². The highest BCUT2D eigenvalue weighted by molar-refractivity contribution is 5.74. The third-order valence-corrected chi connectivity index (χ3v) is 2.83. The van der Waals surface area contributed by atoms with Crippen LogP contribution >= 0.6 is 0 Å². The molecule has 1 aromatic rings. The number of carbonyl (C=O) groups is 1. The molecular formula is C13H16O4. The van der Waals surface area contributed by atoms with E-state index < -0.39 is 24.0 Å². The van der Waals surface area contributed by atoms with Gasteiger partial charge >= 0.3 is 5.97 Å². The van der Waals surface area contributed by atoms with Gasteiger partial charge in [0.1, 0.15) is 6.10 Å². The van der Waals surface area contributed by atoms with E-state index in [1.54, 1.807) is 13.8 Å². The van der Waals surface area contributed by atoms with Gasteiger partial charge < -0.3 is 14.6 Å². The Morgan fingerprint density at radius 2 is 1.94 bits per heavy atom. The molecule has 2 atom stereocenters. The van der Waals surface area contributed by atoms with Gasteiger partial charge in [-0.1, -0.05) is 24.3 Å². The van der Waals surface area contributed by atoms with Crippen LogP contribution in [0.25, 0.3) is 0 Å². The van der Waals surface area contributed by atoms with Crippen LogP contribution in [-0.4, -0.2) is 23.0 Å². The Morgan fingerprint density at radius 1 is 1.29 bits per heavy atom. The van der Waals surface area contributed by atoms with Gasteiger partial charge in [0.05, 0.1) is 0 Å². The molecule has 4 heteroatoms. The Labute approximate surface area is 100 Å². The number of hydrogen-bond acceptors (Lipinski definition) is 3. The quantitative estimate of drug-likeness (QED) is 0.855. The average molecular weight is 236 g/mol. The number of rotatable bonds is 2. The molecule has 0 radical (unpaired) electrons. The third-order valence-electron chi connectivity index (χ3n) is 2.83. The van der Waals surface area contributed by atoms with Crippen molar-refractivity contribution in [2.24, 2.45) is 0 Å². The van der Waals surface area contributed by atoms with E-state index in [-0.39, 0.29) is 0 Å². The standard InChI is InChI=1S/C13H16O4/c1-8-6-4-5-7-9(8)10-11(12(14)15)17-13(2,3)16-10/h4-7,10-11H,1-3H3,(H,14,15)/t10-,11+/m1/s1. The van der Waals surface area contributed by atoms with Crippen molar-refractivity contribution in [2.75, 3.05) is 0 Å². The molecule has 0 aliphatic carbocycles. The molecule has 17 heavy (non-hydrogen) atoms. The Hall–Kier alpha value is -1.39. The molecule has 1 fully saturated rings. The van der Waals surface area contributed by atoms with Gasteiger partial charge in [0, 0.05) is 0 Å². The summed E-state index contributed by atoms with van der Waals surface area (Å²) in [5.41, 5.74) is 1.87. The van der Waals surface area contributed by atoms with Crippen LogP contribution in [0.3, 0.4) is 0 Å². The molecular weight excluding hydrogens is 220 g/mol. The predicted molar refractivity (Wildman–Crippen MR) is 61.6 cm³/mol. The fraction of sp³-hybridized carbons (Fsp3) is 0.462. The maximum atomic E-state index is 11.2. The van der Waals surface area contributed by atoms with E-state index in [4.69, 9.17) is 14.6 Å². The van der Waals surface area contributed by atoms with Crippen molar-refractivity contribution in [3.05, 3.63) is 35.4 Å². The summed E-state index contributed by atoms with van der Waals surface area (Å²) >= 11 is 0. The first kappa shape index (κ1) is 12.1. The molecule has 0 spiro atoms. The molecule has 1 N–H and O–H groups in total. The second-order valence-electron chi connectivity index (χ2n) is 4.67. The fourth-order valence-electron chi connectivity index (χ4n) is 2.08. The molecule has 92 valence electrons. The van der Waals surface area contributed by atoms with E-state index in [1.807, 2.05) is 31.2 Å². The average Bonchev–Trinajstić information content (AvgIpc) is 2.55. The van der Waals surface area contributed by atoms with E-state index in [0.717, 1.165) is 11.1 Å². The normalized spacial score (nSPS) is 27.0. The Balaban J connectivity index is 2.37. The van der Waals surface area contributed by atoms with Crippen LogP contribution in [-0.2, 0) is 14.3 Å². The summed E-state index contributed by atoms with van der Waals surface area (Å²) in [6.45, 7) is 5.38. The number of carboxylic acid groups (broad SMARTS) is 1. The van der Waals surface area contributed by atoms with E-state index in [9.17, 15) is 4.79 Å². The summed E-state index contributed by atoms with van der Waals surface area (Å²) in [5, 5.41) is 9.16. The Morgan fingerprint density at radius 3 is 2.53 bits per heavy atom. The number of aliphatic carboxylic acids is 1. The lowest BCUT2D eigenvalue weighted by Gasteiger charge is -2.17. The summed E-state index contributed by atoms with van der Waals surface area (Å²) in [7, 11) is 0. The predicted octanol–water partition coefficient (Wildman–Crippen LogP) is 2.27. The molecule has 0 aromatic heterocycles. The molecule has 2 rings (SSSR count). The highest BCUT2D eigenvalue weighted by Crippen LogP contribution is 2.39. The smallest absolute Gasteiger partial charge is 0.336 e. The lowest BCUT2D eigenvalue weighted by Crippen LogP contribution is -2.27. The van der Waals surface area contributed by atoms with Crippen molar-refractivity contribution in [2.45, 2.75) is 38.8 Å². The van der Waals surface area contributed by atoms with Gasteiger partial charge in [0.15, 0.2) is 11.9 Å². The summed E-state index contributed by atoms with van der Waals surface area (Å²) < 4.78 is 11.1. The molecule has 1 aliphatic rings. The van der Waals surface area contributed by atoms with Crippen LogP contribution in [0.4, 0.5) is 0 Å². The van der Waals surface area contributed by atoms with Crippen molar-refractivity contribution in [1.29, 1.82) is 0 Å². The topological polar surface area (TPSA) is 55.8 Å². The van der Waals surface area contributed by atoms with Gasteiger partial charge in [0.25, 0.3) is 0 Å². The fourth-order valence-corrected chi connectivity index (χ4v) is 2.08. The zero-order valence-corrected chi connectivity index (χ0v) is 10.1. The second-order valence-corrected chi connectivity index (χ2v) is 4.67. The molecule has 1 aliphatic heterocycles. The summed E-state index contributed by atoms with van der Waals surface area (Å²) in [4.78, 5) is 11.2. The van der Waals surface area contributed by atoms with Crippen molar-refractivity contribution < 1.29 is 19.4 Å². The maximum Gasteiger partial charge on any atom is 0.336 e. The highest BCUT2D eigenvalue weighted by Gasteiger charge is 2.46. The van der Waals surface area contributed by atoms with Crippen molar-refractivity contribution >= 4 is 5.97 Å². The Bertz CT molecular complexity index is 439. The molecule has 4 nitrogen and oxygen atoms in total. The van der Waals surface area contributed by atoms with E-state index >= 15 is 0 Å². The first-order valence-corrected chi connectivity index (χ1v) is 5.55. The van der Waals surface area contributed by atoms with Crippen LogP contribution < -0.4 is 0 Å². The van der Waals surface area contributed by atoms with Crippen LogP contribution in [0, 0.1) is 6.92 Å². The second kappa shape index (κ2) is 4.13. The lowest BCUT2D eigenvalue weighted by atomic mass is 10.00. The van der Waals surface area contributed by atoms with Crippen LogP contribution in [0.1, 0.15) is 31.1 Å². The minimum absolute atomic E-state index is 0.552. The van der Waals surface area contributed by atoms with E-state index in [1.165, 1.54) is 0 Å². The molecule has 1 saturated heterocycles. The van der Waals surface area contributed by atoms with Crippen LogP contribution in [0.15, 0.2) is 24.3 Å². The van der Waals surface area contributed by atoms with Crippen molar-refractivity contribution in [3.8, 4) is 0 Å². The number of aryl methyl sites for hydroxylation is 1. The number of benzene rings is 1. The van der Waals surface area contributed by atoms with Crippen LogP contribution in [0.2, 0.25) is 0 Å². The van der Waals surface area contributed by atoms with Gasteiger partial charge in [-0.05, 0) is 31.9 Å². The molecule has 1 heterocycles. The molecule has 1 aromatic carbocycles. The SMILES string of the molecule is Cc1ccccc1[C@H]1OC(C)(C)O[C@@H]1C(=O)O. The molecule has 0 saturated carbocycles. The molecule has 0 unspecified atom stereocenters. The minimum Gasteiger partial charge on any atom is -0.479 e. The monoisotopic (exact) mass is 236 g/mol. The third kappa shape index (κ3) is 2.33. The number of carboxylic acids is 1. The van der Waals surface area contributed by atoms with Gasteiger partial charge in [-0.15, -0.1) is 0 Å². The first-order chi connectivity index (χ1) is 7.91. The minimum atomic E-state index is -0.996. The summed E-state index contributed by atoms with van der Waals surface area (Å²) in [6.07, 6.45) is -1.50. The number of ether oxygens (including phenoxy) is 2. The lowest BCUT2D eigenvalue weighted by molar-refractivity contribution is -0.165. The van der Waals surface area contributed by atoms with Gasteiger partial charge in [0.2, 0.25) is 0 Å². The van der Waals surface area contributed by atoms with E-state index in [0.29, 0.717) is 0 Å². The van der Waals surface area contributed by atoms with E-state index in [2.05, 4.69) is 0 Å². The summed E-state index contributed by atoms with van der Waals surface area (Å²) in [5.74, 6) is -1.86. The summed E-state index contributed by atoms with van der Waals surface area (Å²) in [6, 6.07) is 7.59. The van der Waals surface area contributed by atoms with Crippen molar-refractivity contribution in [3.63, 3.8) is 0 Å². The largest absolute Gasteiger partial charge is 0.479 e. The zero-order valence-electron chi connectivity index (χ0n) is 10.1. The highest BCUT2D eigenvalue weighted by atomic mass is 16.8. The maximum absolute atomic E-state index is 11.2.